The monoisotopic (exact) mass is 320 g/mol. The fourth-order valence-electron chi connectivity index (χ4n) is 1.46. The first-order valence-corrected chi connectivity index (χ1v) is 6.54. The molecule has 0 radical (unpaired) electrons. The molecule has 0 saturated carbocycles. The number of halogens is 1. The summed E-state index contributed by atoms with van der Waals surface area (Å²) in [5.74, 6) is 0.904. The number of aryl methyl sites for hydroxylation is 1. The molecule has 1 aromatic carbocycles. The Labute approximate surface area is 119 Å². The van der Waals surface area contributed by atoms with E-state index < -0.39 is 0 Å². The van der Waals surface area contributed by atoms with Gasteiger partial charge in [0.1, 0.15) is 11.6 Å². The molecule has 1 N–H and O–H groups in total. The molecule has 4 nitrogen and oxygen atoms in total. The van der Waals surface area contributed by atoms with Crippen LogP contribution in [-0.4, -0.2) is 17.5 Å². The van der Waals surface area contributed by atoms with Gasteiger partial charge in [0, 0.05) is 6.20 Å². The molecule has 1 aromatic heterocycles. The highest BCUT2D eigenvalue weighted by molar-refractivity contribution is 9.10. The number of amides is 1. The Morgan fingerprint density at radius 1 is 1.37 bits per heavy atom. The number of aromatic nitrogens is 1. The maximum atomic E-state index is 11.7. The Kier molecular flexibility index (Phi) is 4.52. The van der Waals surface area contributed by atoms with E-state index in [1.807, 2.05) is 31.2 Å². The molecule has 0 unspecified atom stereocenters. The highest BCUT2D eigenvalue weighted by atomic mass is 79.9. The molecule has 2 aromatic rings. The van der Waals surface area contributed by atoms with Crippen LogP contribution in [0.25, 0.3) is 0 Å². The van der Waals surface area contributed by atoms with Gasteiger partial charge in [-0.2, -0.15) is 0 Å². The van der Waals surface area contributed by atoms with E-state index in [0.29, 0.717) is 11.6 Å². The van der Waals surface area contributed by atoms with Crippen molar-refractivity contribution in [2.45, 2.75) is 6.92 Å². The van der Waals surface area contributed by atoms with Crippen molar-refractivity contribution < 1.29 is 9.53 Å². The number of hydrogen-bond donors (Lipinski definition) is 1. The molecule has 0 aliphatic heterocycles. The number of nitrogens with zero attached hydrogens (tertiary/aromatic N) is 1. The van der Waals surface area contributed by atoms with Crippen molar-refractivity contribution in [3.8, 4) is 5.75 Å². The third-order valence-corrected chi connectivity index (χ3v) is 2.95. The fraction of sp³-hybridized carbons (Fsp3) is 0.143. The molecule has 98 valence electrons. The van der Waals surface area contributed by atoms with E-state index in [0.717, 1.165) is 10.0 Å². The SMILES string of the molecule is Cc1cnc(NC(=O)COc2ccccc2)c(Br)c1. The van der Waals surface area contributed by atoms with Crippen molar-refractivity contribution in [3.63, 3.8) is 0 Å². The van der Waals surface area contributed by atoms with Gasteiger partial charge in [0.05, 0.1) is 4.47 Å². The fourth-order valence-corrected chi connectivity index (χ4v) is 2.02. The van der Waals surface area contributed by atoms with E-state index >= 15 is 0 Å². The summed E-state index contributed by atoms with van der Waals surface area (Å²) in [7, 11) is 0. The van der Waals surface area contributed by atoms with E-state index in [2.05, 4.69) is 26.2 Å². The highest BCUT2D eigenvalue weighted by Gasteiger charge is 2.07. The van der Waals surface area contributed by atoms with Crippen LogP contribution < -0.4 is 10.1 Å². The first kappa shape index (κ1) is 13.5. The van der Waals surface area contributed by atoms with Crippen LogP contribution >= 0.6 is 15.9 Å². The molecule has 0 bridgehead atoms. The van der Waals surface area contributed by atoms with Crippen molar-refractivity contribution >= 4 is 27.7 Å². The largest absolute Gasteiger partial charge is 0.484 e. The van der Waals surface area contributed by atoms with Crippen LogP contribution in [0.2, 0.25) is 0 Å². The van der Waals surface area contributed by atoms with Gasteiger partial charge >= 0.3 is 0 Å². The maximum absolute atomic E-state index is 11.7. The normalized spacial score (nSPS) is 10.0. The number of anilines is 1. The Balaban J connectivity index is 1.91. The Hall–Kier alpha value is -1.88. The second-order valence-corrected chi connectivity index (χ2v) is 4.85. The first-order chi connectivity index (χ1) is 9.15. The van der Waals surface area contributed by atoms with Crippen molar-refractivity contribution in [2.24, 2.45) is 0 Å². The molecular weight excluding hydrogens is 308 g/mol. The van der Waals surface area contributed by atoms with Gasteiger partial charge in [0.2, 0.25) is 0 Å². The predicted octanol–water partition coefficient (Wildman–Crippen LogP) is 3.17. The zero-order valence-corrected chi connectivity index (χ0v) is 12.0. The summed E-state index contributed by atoms with van der Waals surface area (Å²) in [5.41, 5.74) is 1.02. The summed E-state index contributed by atoms with van der Waals surface area (Å²) >= 11 is 3.35. The number of carbonyl (C=O) groups excluding carboxylic acids is 1. The summed E-state index contributed by atoms with van der Waals surface area (Å²) < 4.78 is 6.10. The van der Waals surface area contributed by atoms with Crippen LogP contribution in [0.3, 0.4) is 0 Å². The number of para-hydroxylation sites is 1. The van der Waals surface area contributed by atoms with Gasteiger partial charge < -0.3 is 10.1 Å². The van der Waals surface area contributed by atoms with Gasteiger partial charge in [-0.1, -0.05) is 18.2 Å². The van der Waals surface area contributed by atoms with Crippen molar-refractivity contribution in [3.05, 3.63) is 52.6 Å². The Bertz CT molecular complexity index is 573. The standard InChI is InChI=1S/C14H13BrN2O2/c1-10-7-12(15)14(16-8-10)17-13(18)9-19-11-5-3-2-4-6-11/h2-8H,9H2,1H3,(H,16,17,18). The molecule has 0 aliphatic rings. The number of pyridine rings is 1. The van der Waals surface area contributed by atoms with E-state index in [1.165, 1.54) is 0 Å². The van der Waals surface area contributed by atoms with Gasteiger partial charge in [0.25, 0.3) is 5.91 Å². The van der Waals surface area contributed by atoms with Crippen LogP contribution in [0, 0.1) is 6.92 Å². The molecule has 0 atom stereocenters. The lowest BCUT2D eigenvalue weighted by atomic mass is 10.3. The number of carbonyl (C=O) groups is 1. The Morgan fingerprint density at radius 3 is 2.79 bits per heavy atom. The summed E-state index contributed by atoms with van der Waals surface area (Å²) in [6, 6.07) is 11.1. The summed E-state index contributed by atoms with van der Waals surface area (Å²) in [5, 5.41) is 2.69. The van der Waals surface area contributed by atoms with Gasteiger partial charge in [-0.15, -0.1) is 0 Å². The van der Waals surface area contributed by atoms with Gasteiger partial charge in [-0.05, 0) is 46.6 Å². The Morgan fingerprint density at radius 2 is 2.11 bits per heavy atom. The second kappa shape index (κ2) is 6.33. The van der Waals surface area contributed by atoms with Gasteiger partial charge in [0.15, 0.2) is 6.61 Å². The minimum atomic E-state index is -0.249. The smallest absolute Gasteiger partial charge is 0.263 e. The molecule has 5 heteroatoms. The average Bonchev–Trinajstić information content (AvgIpc) is 2.41. The number of benzene rings is 1. The van der Waals surface area contributed by atoms with Gasteiger partial charge in [-0.25, -0.2) is 4.98 Å². The van der Waals surface area contributed by atoms with Crippen molar-refractivity contribution in [1.29, 1.82) is 0 Å². The molecule has 19 heavy (non-hydrogen) atoms. The molecule has 0 spiro atoms. The zero-order chi connectivity index (χ0) is 13.7. The average molecular weight is 321 g/mol. The molecule has 2 rings (SSSR count). The molecule has 0 fully saturated rings. The summed E-state index contributed by atoms with van der Waals surface area (Å²) in [4.78, 5) is 15.9. The minimum Gasteiger partial charge on any atom is -0.484 e. The third kappa shape index (κ3) is 4.06. The van der Waals surface area contributed by atoms with E-state index in [-0.39, 0.29) is 12.5 Å². The minimum absolute atomic E-state index is 0.0496. The van der Waals surface area contributed by atoms with Crippen LogP contribution in [0.1, 0.15) is 5.56 Å². The van der Waals surface area contributed by atoms with Crippen LogP contribution in [0.4, 0.5) is 5.82 Å². The number of ether oxygens (including phenoxy) is 1. The van der Waals surface area contributed by atoms with Crippen LogP contribution in [-0.2, 0) is 4.79 Å². The number of rotatable bonds is 4. The van der Waals surface area contributed by atoms with E-state index in [1.54, 1.807) is 18.3 Å². The lowest BCUT2D eigenvalue weighted by molar-refractivity contribution is -0.118. The highest BCUT2D eigenvalue weighted by Crippen LogP contribution is 2.20. The van der Waals surface area contributed by atoms with E-state index in [9.17, 15) is 4.79 Å². The van der Waals surface area contributed by atoms with Gasteiger partial charge in [-0.3, -0.25) is 4.79 Å². The summed E-state index contributed by atoms with van der Waals surface area (Å²) in [6.07, 6.45) is 1.69. The number of nitrogens with one attached hydrogen (secondary N) is 1. The lowest BCUT2D eigenvalue weighted by Gasteiger charge is -2.08. The van der Waals surface area contributed by atoms with Crippen molar-refractivity contribution in [2.75, 3.05) is 11.9 Å². The molecule has 0 saturated heterocycles. The second-order valence-electron chi connectivity index (χ2n) is 3.99. The quantitative estimate of drug-likeness (QED) is 0.941. The van der Waals surface area contributed by atoms with E-state index in [4.69, 9.17) is 4.74 Å². The third-order valence-electron chi connectivity index (χ3n) is 2.35. The maximum Gasteiger partial charge on any atom is 0.263 e. The number of hydrogen-bond acceptors (Lipinski definition) is 3. The molecular formula is C14H13BrN2O2. The predicted molar refractivity (Wildman–Crippen MR) is 77.2 cm³/mol. The lowest BCUT2D eigenvalue weighted by Crippen LogP contribution is -2.21. The zero-order valence-electron chi connectivity index (χ0n) is 10.4. The van der Waals surface area contributed by atoms with Crippen molar-refractivity contribution in [1.82, 2.24) is 4.98 Å². The molecule has 1 heterocycles. The van der Waals surface area contributed by atoms with Crippen LogP contribution in [0.15, 0.2) is 47.1 Å². The molecule has 0 aliphatic carbocycles. The van der Waals surface area contributed by atoms with Crippen LogP contribution in [0.5, 0.6) is 5.75 Å². The first-order valence-electron chi connectivity index (χ1n) is 5.75. The molecule has 1 amide bonds. The summed E-state index contributed by atoms with van der Waals surface area (Å²) in [6.45, 7) is 1.88. The topological polar surface area (TPSA) is 51.2 Å².